The van der Waals surface area contributed by atoms with Crippen LogP contribution >= 0.6 is 22.9 Å². The lowest BCUT2D eigenvalue weighted by molar-refractivity contribution is 0.173. The van der Waals surface area contributed by atoms with E-state index in [2.05, 4.69) is 0 Å². The summed E-state index contributed by atoms with van der Waals surface area (Å²) >= 11 is 7.43. The van der Waals surface area contributed by atoms with Crippen molar-refractivity contribution in [1.82, 2.24) is 0 Å². The van der Waals surface area contributed by atoms with Crippen LogP contribution in [-0.2, 0) is 0 Å². The van der Waals surface area contributed by atoms with E-state index in [4.69, 9.17) is 21.1 Å². The number of rotatable bonds is 2. The largest absolute Gasteiger partial charge is 0.454 e. The Balaban J connectivity index is 1.97. The molecular formula is C12H9ClO3S. The van der Waals surface area contributed by atoms with Gasteiger partial charge in [-0.1, -0.05) is 17.7 Å². The fourth-order valence-electron chi connectivity index (χ4n) is 1.74. The van der Waals surface area contributed by atoms with Crippen molar-refractivity contribution >= 4 is 22.9 Å². The summed E-state index contributed by atoms with van der Waals surface area (Å²) in [6, 6.07) is 7.16. The van der Waals surface area contributed by atoms with Crippen LogP contribution in [0.25, 0.3) is 0 Å². The van der Waals surface area contributed by atoms with Crippen molar-refractivity contribution in [2.24, 2.45) is 0 Å². The van der Waals surface area contributed by atoms with Crippen LogP contribution < -0.4 is 9.47 Å². The third-order valence-corrected chi connectivity index (χ3v) is 4.02. The van der Waals surface area contributed by atoms with Crippen LogP contribution in [-0.4, -0.2) is 11.9 Å². The van der Waals surface area contributed by atoms with Gasteiger partial charge < -0.3 is 14.6 Å². The zero-order valence-corrected chi connectivity index (χ0v) is 10.3. The minimum Gasteiger partial charge on any atom is -0.454 e. The molecule has 17 heavy (non-hydrogen) atoms. The molecule has 5 heteroatoms. The smallest absolute Gasteiger partial charge is 0.231 e. The number of ether oxygens (including phenoxy) is 2. The Morgan fingerprint density at radius 2 is 2.06 bits per heavy atom. The van der Waals surface area contributed by atoms with Crippen molar-refractivity contribution in [1.29, 1.82) is 0 Å². The lowest BCUT2D eigenvalue weighted by atomic mass is 10.1. The second-order valence-electron chi connectivity index (χ2n) is 3.65. The van der Waals surface area contributed by atoms with Gasteiger partial charge in [0.15, 0.2) is 11.5 Å². The molecule has 1 N–H and O–H groups in total. The predicted molar refractivity (Wildman–Crippen MR) is 66.0 cm³/mol. The maximum Gasteiger partial charge on any atom is 0.231 e. The van der Waals surface area contributed by atoms with Crippen LogP contribution in [0.5, 0.6) is 11.5 Å². The lowest BCUT2D eigenvalue weighted by Crippen LogP contribution is -1.97. The average molecular weight is 269 g/mol. The van der Waals surface area contributed by atoms with Crippen LogP contribution in [0.4, 0.5) is 0 Å². The van der Waals surface area contributed by atoms with Crippen molar-refractivity contribution < 1.29 is 14.6 Å². The van der Waals surface area contributed by atoms with Gasteiger partial charge in [-0.05, 0) is 29.1 Å². The Morgan fingerprint density at radius 1 is 1.24 bits per heavy atom. The van der Waals surface area contributed by atoms with E-state index in [0.717, 1.165) is 10.4 Å². The highest BCUT2D eigenvalue weighted by Crippen LogP contribution is 2.38. The highest BCUT2D eigenvalue weighted by atomic mass is 35.5. The van der Waals surface area contributed by atoms with Crippen LogP contribution in [0.2, 0.25) is 5.02 Å². The quantitative estimate of drug-likeness (QED) is 0.909. The minimum absolute atomic E-state index is 0.231. The van der Waals surface area contributed by atoms with Gasteiger partial charge >= 0.3 is 0 Å². The maximum atomic E-state index is 10.2. The summed E-state index contributed by atoms with van der Waals surface area (Å²) in [5.41, 5.74) is 0.749. The molecular weight excluding hydrogens is 260 g/mol. The molecule has 1 aliphatic rings. The zero-order chi connectivity index (χ0) is 11.8. The normalized spacial score (nSPS) is 14.9. The third-order valence-electron chi connectivity index (χ3n) is 2.61. The Bertz CT molecular complexity index is 552. The fraction of sp³-hybridized carbons (Fsp3) is 0.167. The van der Waals surface area contributed by atoms with E-state index in [9.17, 15) is 5.11 Å². The van der Waals surface area contributed by atoms with Gasteiger partial charge in [-0.25, -0.2) is 0 Å². The molecule has 2 aromatic rings. The first-order valence-electron chi connectivity index (χ1n) is 5.06. The van der Waals surface area contributed by atoms with Gasteiger partial charge in [0.1, 0.15) is 6.10 Å². The summed E-state index contributed by atoms with van der Waals surface area (Å²) < 4.78 is 10.5. The van der Waals surface area contributed by atoms with Crippen molar-refractivity contribution in [3.63, 3.8) is 0 Å². The van der Waals surface area contributed by atoms with E-state index in [1.807, 2.05) is 11.4 Å². The van der Waals surface area contributed by atoms with Crippen LogP contribution in [0, 0.1) is 0 Å². The molecule has 1 aromatic heterocycles. The molecule has 1 aliphatic heterocycles. The van der Waals surface area contributed by atoms with Crippen LogP contribution in [0.1, 0.15) is 16.5 Å². The van der Waals surface area contributed by atoms with Gasteiger partial charge in [0.2, 0.25) is 6.79 Å². The van der Waals surface area contributed by atoms with E-state index in [1.54, 1.807) is 18.2 Å². The molecule has 0 saturated heterocycles. The SMILES string of the molecule is OC(c1ccc2c(c1)OCO2)c1sccc1Cl. The van der Waals surface area contributed by atoms with Gasteiger partial charge in [0.25, 0.3) is 0 Å². The molecule has 88 valence electrons. The summed E-state index contributed by atoms with van der Waals surface area (Å²) in [6.07, 6.45) is -0.725. The Morgan fingerprint density at radius 3 is 2.82 bits per heavy atom. The number of benzene rings is 1. The number of halogens is 1. The van der Waals surface area contributed by atoms with E-state index in [0.29, 0.717) is 16.5 Å². The first kappa shape index (κ1) is 10.9. The molecule has 1 unspecified atom stereocenters. The average Bonchev–Trinajstić information content (AvgIpc) is 2.95. The molecule has 3 nitrogen and oxygen atoms in total. The number of aliphatic hydroxyl groups excluding tert-OH is 1. The second-order valence-corrected chi connectivity index (χ2v) is 5.00. The highest BCUT2D eigenvalue weighted by molar-refractivity contribution is 7.10. The Labute approximate surface area is 107 Å². The monoisotopic (exact) mass is 268 g/mol. The number of hydrogen-bond donors (Lipinski definition) is 1. The topological polar surface area (TPSA) is 38.7 Å². The van der Waals surface area contributed by atoms with E-state index in [1.165, 1.54) is 11.3 Å². The highest BCUT2D eigenvalue weighted by Gasteiger charge is 2.19. The van der Waals surface area contributed by atoms with Crippen LogP contribution in [0.15, 0.2) is 29.6 Å². The van der Waals surface area contributed by atoms with E-state index in [-0.39, 0.29) is 6.79 Å². The van der Waals surface area contributed by atoms with Crippen molar-refractivity contribution in [2.75, 3.05) is 6.79 Å². The molecule has 0 spiro atoms. The predicted octanol–water partition coefficient (Wildman–Crippen LogP) is 3.21. The van der Waals surface area contributed by atoms with E-state index >= 15 is 0 Å². The Hall–Kier alpha value is -1.23. The Kier molecular flexibility index (Phi) is 2.70. The summed E-state index contributed by atoms with van der Waals surface area (Å²) in [4.78, 5) is 0.741. The standard InChI is InChI=1S/C12H9ClO3S/c13-8-3-4-17-12(8)11(14)7-1-2-9-10(5-7)16-6-15-9/h1-5,11,14H,6H2. The first-order valence-corrected chi connectivity index (χ1v) is 6.32. The number of thiophene rings is 1. The number of fused-ring (bicyclic) bond motifs is 1. The maximum absolute atomic E-state index is 10.2. The molecule has 0 fully saturated rings. The van der Waals surface area contributed by atoms with Crippen LogP contribution in [0.3, 0.4) is 0 Å². The van der Waals surface area contributed by atoms with Crippen molar-refractivity contribution in [3.8, 4) is 11.5 Å². The first-order chi connectivity index (χ1) is 8.25. The zero-order valence-electron chi connectivity index (χ0n) is 8.72. The molecule has 3 rings (SSSR count). The molecule has 0 saturated carbocycles. The molecule has 1 aromatic carbocycles. The second kappa shape index (κ2) is 4.22. The number of aliphatic hydroxyl groups is 1. The molecule has 0 radical (unpaired) electrons. The van der Waals surface area contributed by atoms with Crippen molar-refractivity contribution in [2.45, 2.75) is 6.10 Å². The van der Waals surface area contributed by atoms with Gasteiger partial charge in [-0.15, -0.1) is 11.3 Å². The summed E-state index contributed by atoms with van der Waals surface area (Å²) in [7, 11) is 0. The summed E-state index contributed by atoms with van der Waals surface area (Å²) in [6.45, 7) is 0.231. The summed E-state index contributed by atoms with van der Waals surface area (Å²) in [5.74, 6) is 1.37. The molecule has 0 bridgehead atoms. The third kappa shape index (κ3) is 1.88. The van der Waals surface area contributed by atoms with Crippen molar-refractivity contribution in [3.05, 3.63) is 45.1 Å². The van der Waals surface area contributed by atoms with Gasteiger partial charge in [0, 0.05) is 0 Å². The van der Waals surface area contributed by atoms with Gasteiger partial charge in [-0.3, -0.25) is 0 Å². The molecule has 0 aliphatic carbocycles. The number of hydrogen-bond acceptors (Lipinski definition) is 4. The fourth-order valence-corrected chi connectivity index (χ4v) is 2.91. The molecule has 0 amide bonds. The van der Waals surface area contributed by atoms with E-state index < -0.39 is 6.10 Å². The molecule has 1 atom stereocenters. The molecule has 2 heterocycles. The summed E-state index contributed by atoms with van der Waals surface area (Å²) in [5, 5.41) is 12.7. The van der Waals surface area contributed by atoms with Gasteiger partial charge in [0.05, 0.1) is 9.90 Å². The lowest BCUT2D eigenvalue weighted by Gasteiger charge is -2.10. The van der Waals surface area contributed by atoms with Gasteiger partial charge in [-0.2, -0.15) is 0 Å². The minimum atomic E-state index is -0.725.